The van der Waals surface area contributed by atoms with Crippen LogP contribution in [-0.4, -0.2) is 9.52 Å². The monoisotopic (exact) mass is 852 g/mol. The molecule has 6 aromatic rings. The Balaban J connectivity index is 0.000000254. The summed E-state index contributed by atoms with van der Waals surface area (Å²) in [6.07, 6.45) is 9.41. The number of fused-ring (bicyclic) bond motifs is 2. The second-order valence-electron chi connectivity index (χ2n) is 15.0. The average molecular weight is 855 g/mol. The number of benzene rings is 4. The molecule has 0 amide bonds. The van der Waals surface area contributed by atoms with Crippen molar-refractivity contribution in [1.29, 1.82) is 0 Å². The molecule has 6 aromatic carbocycles. The molecule has 0 saturated heterocycles. The summed E-state index contributed by atoms with van der Waals surface area (Å²) >= 11 is -0.826. The van der Waals surface area contributed by atoms with Gasteiger partial charge in [-0.05, 0) is 59.8 Å². The Labute approximate surface area is 350 Å². The van der Waals surface area contributed by atoms with E-state index in [0.29, 0.717) is 11.8 Å². The number of hydrogen-bond acceptors (Lipinski definition) is 0. The van der Waals surface area contributed by atoms with Gasteiger partial charge < -0.3 is 0 Å². The predicted molar refractivity (Wildman–Crippen MR) is 243 cm³/mol. The molecule has 0 heterocycles. The summed E-state index contributed by atoms with van der Waals surface area (Å²) in [7, 11) is 11.0. The standard InChI is InChI=1S/2C24H29.C2H6Si.2ClH.Zr/c2*1-5-9-18-15-20-14-13-19(10-6-2)24(23(20)16-18)22-12-8-7-11-21(22)17(3)4;1-3-2;;;/h2*7-8,11-17H,5-6,9-10H2,1-4H3;1-2H3;2*1H;/q2*-1;;;;+4/p-2. The first-order chi connectivity index (χ1) is 26.1. The molecule has 286 valence electrons. The molecule has 0 bridgehead atoms. The fraction of sp³-hybridized carbons (Fsp3) is 0.400. The summed E-state index contributed by atoms with van der Waals surface area (Å²) in [6.45, 7) is 22.6. The van der Waals surface area contributed by atoms with Gasteiger partial charge in [0.05, 0.1) is 0 Å². The van der Waals surface area contributed by atoms with E-state index in [0.717, 1.165) is 22.4 Å². The van der Waals surface area contributed by atoms with E-state index in [1.807, 2.05) is 0 Å². The van der Waals surface area contributed by atoms with Crippen LogP contribution in [0.5, 0.6) is 0 Å². The van der Waals surface area contributed by atoms with Crippen molar-refractivity contribution in [3.63, 3.8) is 0 Å². The summed E-state index contributed by atoms with van der Waals surface area (Å²) < 4.78 is 0. The Morgan fingerprint density at radius 2 is 0.870 bits per heavy atom. The first kappa shape index (κ1) is 46.2. The SMILES string of the molecule is CCCc1cc2c(-c3ccccc3C(C)C)c(CCC)ccc2[cH-]1.CCCc1cc2c(-c3ccccc3C(C)C)c(CCC)ccc2[cH-]1.C[Si]C.[Cl][Zr+2][Cl]. The molecule has 0 unspecified atom stereocenters. The summed E-state index contributed by atoms with van der Waals surface area (Å²) in [5.74, 6) is 1.08. The van der Waals surface area contributed by atoms with Gasteiger partial charge in [-0.2, -0.15) is 12.1 Å². The molecule has 0 aliphatic rings. The molecule has 4 heteroatoms. The second-order valence-corrected chi connectivity index (χ2v) is 19.7. The minimum atomic E-state index is -0.826. The van der Waals surface area contributed by atoms with Gasteiger partial charge >= 0.3 is 37.9 Å². The van der Waals surface area contributed by atoms with Gasteiger partial charge in [0.15, 0.2) is 0 Å². The molecule has 0 saturated carbocycles. The van der Waals surface area contributed by atoms with Crippen molar-refractivity contribution >= 4 is 48.1 Å². The van der Waals surface area contributed by atoms with Crippen molar-refractivity contribution in [2.24, 2.45) is 0 Å². The van der Waals surface area contributed by atoms with Crippen molar-refractivity contribution in [1.82, 2.24) is 0 Å². The third-order valence-corrected chi connectivity index (χ3v) is 9.89. The van der Waals surface area contributed by atoms with Crippen molar-refractivity contribution < 1.29 is 20.8 Å². The maximum atomic E-state index is 4.93. The van der Waals surface area contributed by atoms with Crippen molar-refractivity contribution in [3.05, 3.63) is 130 Å². The van der Waals surface area contributed by atoms with E-state index >= 15 is 0 Å². The van der Waals surface area contributed by atoms with Gasteiger partial charge in [-0.25, -0.2) is 0 Å². The molecule has 6 rings (SSSR count). The Kier molecular flexibility index (Phi) is 20.9. The summed E-state index contributed by atoms with van der Waals surface area (Å²) in [4.78, 5) is 0. The average Bonchev–Trinajstić information content (AvgIpc) is 3.76. The van der Waals surface area contributed by atoms with Gasteiger partial charge in [0.25, 0.3) is 0 Å². The summed E-state index contributed by atoms with van der Waals surface area (Å²) in [6, 6.07) is 36.9. The van der Waals surface area contributed by atoms with Gasteiger partial charge in [-0.3, -0.25) is 0 Å². The van der Waals surface area contributed by atoms with Crippen LogP contribution in [0.25, 0.3) is 43.8 Å². The molecule has 0 fully saturated rings. The van der Waals surface area contributed by atoms with Crippen LogP contribution in [0.1, 0.15) is 126 Å². The van der Waals surface area contributed by atoms with Crippen molar-refractivity contribution in [3.8, 4) is 22.3 Å². The topological polar surface area (TPSA) is 0 Å². The van der Waals surface area contributed by atoms with E-state index in [-0.39, 0.29) is 0 Å². The fourth-order valence-corrected chi connectivity index (χ4v) is 7.69. The summed E-state index contributed by atoms with van der Waals surface area (Å²) in [5, 5.41) is 5.67. The Bertz CT molecular complexity index is 1830. The Hall–Kier alpha value is -2.22. The van der Waals surface area contributed by atoms with Crippen LogP contribution in [0.4, 0.5) is 0 Å². The zero-order valence-electron chi connectivity index (χ0n) is 34.8. The number of halogens is 2. The van der Waals surface area contributed by atoms with E-state index in [2.05, 4.69) is 166 Å². The molecule has 2 radical (unpaired) electrons. The molecule has 0 aliphatic heterocycles. The normalized spacial score (nSPS) is 10.8. The van der Waals surface area contributed by atoms with E-state index in [9.17, 15) is 0 Å². The fourth-order valence-electron chi connectivity index (χ4n) is 7.69. The molecule has 54 heavy (non-hydrogen) atoms. The number of rotatable bonds is 12. The van der Waals surface area contributed by atoms with Gasteiger partial charge in [-0.15, -0.1) is 69.1 Å². The first-order valence-electron chi connectivity index (χ1n) is 20.3. The van der Waals surface area contributed by atoms with Crippen LogP contribution in [-0.2, 0) is 46.5 Å². The third-order valence-electron chi connectivity index (χ3n) is 9.89. The van der Waals surface area contributed by atoms with Crippen LogP contribution in [0.15, 0.2) is 97.1 Å². The number of aryl methyl sites for hydroxylation is 4. The van der Waals surface area contributed by atoms with Crippen LogP contribution >= 0.6 is 17.0 Å². The van der Waals surface area contributed by atoms with Crippen LogP contribution in [0.2, 0.25) is 13.1 Å². The van der Waals surface area contributed by atoms with Crippen LogP contribution in [0, 0.1) is 0 Å². The number of hydrogen-bond donors (Lipinski definition) is 0. The molecule has 0 N–H and O–H groups in total. The molecular weight excluding hydrogens is 791 g/mol. The van der Waals surface area contributed by atoms with Crippen molar-refractivity contribution in [2.45, 2.75) is 132 Å². The van der Waals surface area contributed by atoms with Crippen LogP contribution < -0.4 is 0 Å². The molecule has 0 spiro atoms. The minimum absolute atomic E-state index is 0.538. The summed E-state index contributed by atoms with van der Waals surface area (Å²) in [5.41, 5.74) is 14.7. The van der Waals surface area contributed by atoms with E-state index < -0.39 is 20.8 Å². The third kappa shape index (κ3) is 12.4. The second kappa shape index (κ2) is 24.4. The molecular formula is C50H64Cl2SiZr. The van der Waals surface area contributed by atoms with Crippen LogP contribution in [0.3, 0.4) is 0 Å². The van der Waals surface area contributed by atoms with E-state index in [1.165, 1.54) is 116 Å². The van der Waals surface area contributed by atoms with Gasteiger partial charge in [-0.1, -0.05) is 165 Å². The van der Waals surface area contributed by atoms with Crippen molar-refractivity contribution in [2.75, 3.05) is 0 Å². The van der Waals surface area contributed by atoms with Gasteiger partial charge in [0.1, 0.15) is 0 Å². The van der Waals surface area contributed by atoms with E-state index in [4.69, 9.17) is 17.0 Å². The Morgan fingerprint density at radius 1 is 0.537 bits per heavy atom. The molecule has 0 aliphatic carbocycles. The zero-order valence-corrected chi connectivity index (χ0v) is 39.8. The van der Waals surface area contributed by atoms with Gasteiger partial charge in [0.2, 0.25) is 0 Å². The first-order valence-corrected chi connectivity index (χ1v) is 28.6. The maximum absolute atomic E-state index is 4.93. The molecule has 0 aromatic heterocycles. The molecule has 0 nitrogen and oxygen atoms in total. The van der Waals surface area contributed by atoms with Gasteiger partial charge in [0, 0.05) is 9.52 Å². The quantitative estimate of drug-likeness (QED) is 0.0850. The Morgan fingerprint density at radius 3 is 1.19 bits per heavy atom. The molecule has 0 atom stereocenters. The zero-order chi connectivity index (χ0) is 39.6. The van der Waals surface area contributed by atoms with E-state index in [1.54, 1.807) is 0 Å². The predicted octanol–water partition coefficient (Wildman–Crippen LogP) is 16.7.